The molecule has 3 rings (SSSR count). The van der Waals surface area contributed by atoms with Gasteiger partial charge in [0, 0.05) is 12.7 Å². The fourth-order valence-corrected chi connectivity index (χ4v) is 3.19. The first-order valence-corrected chi connectivity index (χ1v) is 9.28. The Kier molecular flexibility index (Phi) is 6.19. The number of nitrogens with one attached hydrogen (secondary N) is 2. The van der Waals surface area contributed by atoms with Gasteiger partial charge in [0.2, 0.25) is 0 Å². The standard InChI is InChI=1S/C21H21ClN4O3/c1-13-17(19(22)26(2)25-13)20(27)24-18(14-7-5-4-6-8-14)21(28)23-15-9-11-16(29-3)12-10-15/h4-12,18H,1-3H3,(H,23,28)(H,24,27)/t18-/m0/s1. The second-order valence-corrected chi connectivity index (χ2v) is 6.77. The normalized spacial score (nSPS) is 11.6. The second kappa shape index (κ2) is 8.79. The lowest BCUT2D eigenvalue weighted by molar-refractivity contribution is -0.118. The molecule has 0 saturated heterocycles. The van der Waals surface area contributed by atoms with E-state index in [0.717, 1.165) is 0 Å². The van der Waals surface area contributed by atoms with Gasteiger partial charge in [0.1, 0.15) is 16.9 Å². The minimum atomic E-state index is -0.915. The maximum absolute atomic E-state index is 13.0. The molecule has 1 heterocycles. The Hall–Kier alpha value is -3.32. The number of nitrogens with zero attached hydrogens (tertiary/aromatic N) is 2. The van der Waals surface area contributed by atoms with Gasteiger partial charge in [-0.1, -0.05) is 41.9 Å². The lowest BCUT2D eigenvalue weighted by atomic mass is 10.1. The highest BCUT2D eigenvalue weighted by atomic mass is 35.5. The van der Waals surface area contributed by atoms with Crippen molar-refractivity contribution in [1.29, 1.82) is 0 Å². The molecule has 0 unspecified atom stereocenters. The predicted molar refractivity (Wildman–Crippen MR) is 111 cm³/mol. The molecule has 2 amide bonds. The van der Waals surface area contributed by atoms with Gasteiger partial charge in [0.05, 0.1) is 18.4 Å². The molecule has 2 N–H and O–H groups in total. The SMILES string of the molecule is COc1ccc(NC(=O)[C@@H](NC(=O)c2c(C)nn(C)c2Cl)c2ccccc2)cc1. The third-order valence-corrected chi connectivity index (χ3v) is 4.84. The monoisotopic (exact) mass is 412 g/mol. The van der Waals surface area contributed by atoms with Crippen molar-refractivity contribution >= 4 is 29.1 Å². The lowest BCUT2D eigenvalue weighted by Gasteiger charge is -2.19. The van der Waals surface area contributed by atoms with E-state index in [4.69, 9.17) is 16.3 Å². The second-order valence-electron chi connectivity index (χ2n) is 6.41. The summed E-state index contributed by atoms with van der Waals surface area (Å²) < 4.78 is 6.54. The number of aromatic nitrogens is 2. The van der Waals surface area contributed by atoms with Crippen LogP contribution in [-0.4, -0.2) is 28.7 Å². The Morgan fingerprint density at radius 1 is 1.10 bits per heavy atom. The number of amides is 2. The van der Waals surface area contributed by atoms with Crippen molar-refractivity contribution in [2.45, 2.75) is 13.0 Å². The van der Waals surface area contributed by atoms with Crippen LogP contribution in [0.15, 0.2) is 54.6 Å². The van der Waals surface area contributed by atoms with Gasteiger partial charge in [-0.3, -0.25) is 14.3 Å². The summed E-state index contributed by atoms with van der Waals surface area (Å²) >= 11 is 6.20. The number of rotatable bonds is 6. The molecule has 0 aliphatic rings. The van der Waals surface area contributed by atoms with Gasteiger partial charge in [-0.05, 0) is 36.8 Å². The predicted octanol–water partition coefficient (Wildman–Crippen LogP) is 3.50. The van der Waals surface area contributed by atoms with Crippen LogP contribution in [0, 0.1) is 6.92 Å². The molecule has 0 aliphatic carbocycles. The van der Waals surface area contributed by atoms with Crippen molar-refractivity contribution in [2.24, 2.45) is 7.05 Å². The van der Waals surface area contributed by atoms with E-state index < -0.39 is 11.9 Å². The average Bonchev–Trinajstić information content (AvgIpc) is 2.98. The van der Waals surface area contributed by atoms with E-state index in [1.807, 2.05) is 6.07 Å². The molecule has 7 nitrogen and oxygen atoms in total. The summed E-state index contributed by atoms with van der Waals surface area (Å²) in [5, 5.41) is 9.96. The Bertz CT molecular complexity index is 1020. The van der Waals surface area contributed by atoms with Gasteiger partial charge < -0.3 is 15.4 Å². The van der Waals surface area contributed by atoms with Crippen molar-refractivity contribution in [3.63, 3.8) is 0 Å². The van der Waals surface area contributed by atoms with Crippen molar-refractivity contribution in [3.8, 4) is 5.75 Å². The molecule has 8 heteroatoms. The number of carbonyl (C=O) groups is 2. The number of hydrogen-bond donors (Lipinski definition) is 2. The summed E-state index contributed by atoms with van der Waals surface area (Å²) in [4.78, 5) is 25.9. The summed E-state index contributed by atoms with van der Waals surface area (Å²) in [5.74, 6) is -0.177. The maximum Gasteiger partial charge on any atom is 0.257 e. The fourth-order valence-electron chi connectivity index (χ4n) is 2.93. The fraction of sp³-hybridized carbons (Fsp3) is 0.190. The number of halogens is 1. The van der Waals surface area contributed by atoms with Gasteiger partial charge in [-0.25, -0.2) is 0 Å². The number of methoxy groups -OCH3 is 1. The molecule has 3 aromatic rings. The molecular weight excluding hydrogens is 392 g/mol. The topological polar surface area (TPSA) is 85.2 Å². The minimum Gasteiger partial charge on any atom is -0.497 e. The molecule has 2 aromatic carbocycles. The maximum atomic E-state index is 13.0. The lowest BCUT2D eigenvalue weighted by Crippen LogP contribution is -2.37. The van der Waals surface area contributed by atoms with Gasteiger partial charge in [0.15, 0.2) is 0 Å². The first-order chi connectivity index (χ1) is 13.9. The number of anilines is 1. The molecule has 0 saturated carbocycles. The summed E-state index contributed by atoms with van der Waals surface area (Å²) in [6, 6.07) is 15.0. The van der Waals surface area contributed by atoms with E-state index in [2.05, 4.69) is 15.7 Å². The van der Waals surface area contributed by atoms with Crippen LogP contribution >= 0.6 is 11.6 Å². The van der Waals surface area contributed by atoms with Gasteiger partial charge >= 0.3 is 0 Å². The van der Waals surface area contributed by atoms with Gasteiger partial charge in [0.25, 0.3) is 11.8 Å². The van der Waals surface area contributed by atoms with Crippen LogP contribution in [0.2, 0.25) is 5.15 Å². The highest BCUT2D eigenvalue weighted by Crippen LogP contribution is 2.22. The van der Waals surface area contributed by atoms with E-state index >= 15 is 0 Å². The zero-order valence-corrected chi connectivity index (χ0v) is 17.0. The van der Waals surface area contributed by atoms with E-state index in [1.165, 1.54) is 4.68 Å². The summed E-state index contributed by atoms with van der Waals surface area (Å²) in [7, 11) is 3.22. The van der Waals surface area contributed by atoms with Crippen molar-refractivity contribution in [1.82, 2.24) is 15.1 Å². The van der Waals surface area contributed by atoms with Crippen LogP contribution in [0.25, 0.3) is 0 Å². The van der Waals surface area contributed by atoms with Gasteiger partial charge in [-0.15, -0.1) is 0 Å². The molecular formula is C21H21ClN4O3. The molecule has 150 valence electrons. The first-order valence-electron chi connectivity index (χ1n) is 8.90. The van der Waals surface area contributed by atoms with Crippen LogP contribution < -0.4 is 15.4 Å². The Morgan fingerprint density at radius 2 is 1.76 bits per heavy atom. The third kappa shape index (κ3) is 4.57. The molecule has 0 bridgehead atoms. The largest absolute Gasteiger partial charge is 0.497 e. The number of benzene rings is 2. The van der Waals surface area contributed by atoms with Crippen LogP contribution in [0.4, 0.5) is 5.69 Å². The minimum absolute atomic E-state index is 0.211. The van der Waals surface area contributed by atoms with Crippen LogP contribution in [-0.2, 0) is 11.8 Å². The smallest absolute Gasteiger partial charge is 0.257 e. The number of ether oxygens (including phenoxy) is 1. The van der Waals surface area contributed by atoms with Crippen LogP contribution in [0.1, 0.15) is 27.7 Å². The highest BCUT2D eigenvalue weighted by Gasteiger charge is 2.27. The quantitative estimate of drug-likeness (QED) is 0.648. The van der Waals surface area contributed by atoms with Crippen molar-refractivity contribution in [2.75, 3.05) is 12.4 Å². The van der Waals surface area contributed by atoms with E-state index in [9.17, 15) is 9.59 Å². The number of hydrogen-bond acceptors (Lipinski definition) is 4. The van der Waals surface area contributed by atoms with E-state index in [1.54, 1.807) is 69.6 Å². The molecule has 1 aromatic heterocycles. The van der Waals surface area contributed by atoms with E-state index in [-0.39, 0.29) is 16.6 Å². The Labute approximate surface area is 173 Å². The first kappa shape index (κ1) is 20.4. The average molecular weight is 413 g/mol. The summed E-state index contributed by atoms with van der Waals surface area (Å²) in [6.07, 6.45) is 0. The van der Waals surface area contributed by atoms with Crippen LogP contribution in [0.3, 0.4) is 0 Å². The zero-order chi connectivity index (χ0) is 21.0. The van der Waals surface area contributed by atoms with Crippen molar-refractivity contribution in [3.05, 3.63) is 76.6 Å². The highest BCUT2D eigenvalue weighted by molar-refractivity contribution is 6.33. The Balaban J connectivity index is 1.86. The van der Waals surface area contributed by atoms with Gasteiger partial charge in [-0.2, -0.15) is 5.10 Å². The zero-order valence-electron chi connectivity index (χ0n) is 16.3. The van der Waals surface area contributed by atoms with Crippen LogP contribution in [0.5, 0.6) is 5.75 Å². The molecule has 0 aliphatic heterocycles. The summed E-state index contributed by atoms with van der Waals surface area (Å²) in [6.45, 7) is 1.69. The molecule has 1 atom stereocenters. The molecule has 0 radical (unpaired) electrons. The molecule has 29 heavy (non-hydrogen) atoms. The van der Waals surface area contributed by atoms with E-state index in [0.29, 0.717) is 22.7 Å². The Morgan fingerprint density at radius 3 is 2.31 bits per heavy atom. The number of aryl methyl sites for hydroxylation is 2. The molecule has 0 spiro atoms. The van der Waals surface area contributed by atoms with Crippen molar-refractivity contribution < 1.29 is 14.3 Å². The number of carbonyl (C=O) groups excluding carboxylic acids is 2. The molecule has 0 fully saturated rings. The third-order valence-electron chi connectivity index (χ3n) is 4.41. The summed E-state index contributed by atoms with van der Waals surface area (Å²) in [5.41, 5.74) is 1.95.